The van der Waals surface area contributed by atoms with E-state index in [0.717, 1.165) is 5.56 Å². The number of hydrogen-bond donors (Lipinski definition) is 1. The van der Waals surface area contributed by atoms with Crippen molar-refractivity contribution >= 4 is 45.7 Å². The van der Waals surface area contributed by atoms with Gasteiger partial charge in [0, 0.05) is 23.7 Å². The Kier molecular flexibility index (Phi) is 7.52. The fraction of sp³-hybridized carbons (Fsp3) is 0.179. The summed E-state index contributed by atoms with van der Waals surface area (Å²) in [6.07, 6.45) is 3.18. The first-order valence-electron chi connectivity index (χ1n) is 11.9. The third kappa shape index (κ3) is 5.18. The lowest BCUT2D eigenvalue weighted by atomic mass is 9.96. The molecule has 1 N–H and O–H groups in total. The van der Waals surface area contributed by atoms with E-state index in [1.54, 1.807) is 48.8 Å². The Labute approximate surface area is 228 Å². The van der Waals surface area contributed by atoms with Crippen molar-refractivity contribution in [2.45, 2.75) is 30.0 Å². The van der Waals surface area contributed by atoms with Crippen molar-refractivity contribution in [3.8, 4) is 5.75 Å². The number of ether oxygens (including phenoxy) is 1. The average molecular weight is 545 g/mol. The molecule has 38 heavy (non-hydrogen) atoms. The molecule has 1 saturated heterocycles. The van der Waals surface area contributed by atoms with Crippen molar-refractivity contribution < 1.29 is 19.4 Å². The van der Waals surface area contributed by atoms with Gasteiger partial charge in [-0.15, -0.1) is 10.2 Å². The number of benzene rings is 2. The van der Waals surface area contributed by atoms with E-state index in [9.17, 15) is 14.7 Å². The molecule has 1 fully saturated rings. The molecule has 2 aromatic heterocycles. The van der Waals surface area contributed by atoms with Crippen molar-refractivity contribution in [3.63, 3.8) is 0 Å². The van der Waals surface area contributed by atoms with E-state index >= 15 is 0 Å². The number of hydrogen-bond acceptors (Lipinski definition) is 9. The van der Waals surface area contributed by atoms with Crippen molar-refractivity contribution in [2.75, 3.05) is 11.5 Å². The maximum atomic E-state index is 13.3. The Balaban J connectivity index is 1.50. The van der Waals surface area contributed by atoms with Gasteiger partial charge in [0.15, 0.2) is 4.34 Å². The van der Waals surface area contributed by atoms with E-state index < -0.39 is 17.7 Å². The molecule has 8 nitrogen and oxygen atoms in total. The fourth-order valence-electron chi connectivity index (χ4n) is 4.10. The Morgan fingerprint density at radius 1 is 1.08 bits per heavy atom. The molecule has 0 saturated carbocycles. The summed E-state index contributed by atoms with van der Waals surface area (Å²) in [5.74, 6) is -0.525. The maximum Gasteiger partial charge on any atom is 0.301 e. The van der Waals surface area contributed by atoms with Gasteiger partial charge in [-0.1, -0.05) is 59.0 Å². The van der Waals surface area contributed by atoms with Gasteiger partial charge in [-0.25, -0.2) is 0 Å². The first-order valence-corrected chi connectivity index (χ1v) is 13.7. The number of aromatic nitrogens is 3. The van der Waals surface area contributed by atoms with E-state index in [2.05, 4.69) is 39.4 Å². The number of thioether (sulfide) groups is 1. The standard InChI is InChI=1S/C28H24N4O4S2/c1-3-36-21-12-10-19(11-13-21)24(33)22-23(20-5-4-14-29-15-20)32(26(35)25(22)34)27-30-31-28(38-27)37-16-18-8-6-17(2)7-9-18/h4-15,23,33H,3,16H2,1-2H3/b24-22-. The van der Waals surface area contributed by atoms with Crippen LogP contribution < -0.4 is 9.64 Å². The van der Waals surface area contributed by atoms with Crippen molar-refractivity contribution in [2.24, 2.45) is 0 Å². The summed E-state index contributed by atoms with van der Waals surface area (Å²) in [6, 6.07) is 17.5. The van der Waals surface area contributed by atoms with Gasteiger partial charge in [-0.05, 0) is 55.3 Å². The second-order valence-electron chi connectivity index (χ2n) is 8.54. The van der Waals surface area contributed by atoms with E-state index in [4.69, 9.17) is 4.74 Å². The van der Waals surface area contributed by atoms with Crippen LogP contribution in [-0.4, -0.2) is 38.6 Å². The molecule has 3 heterocycles. The van der Waals surface area contributed by atoms with Crippen LogP contribution in [0.15, 0.2) is 83.0 Å². The molecule has 0 bridgehead atoms. The number of carbonyl (C=O) groups excluding carboxylic acids is 2. The number of Topliss-reactive ketones (excluding diaryl/α,β-unsaturated/α-hetero) is 1. The highest BCUT2D eigenvalue weighted by Crippen LogP contribution is 2.44. The monoisotopic (exact) mass is 544 g/mol. The predicted octanol–water partition coefficient (Wildman–Crippen LogP) is 5.56. The van der Waals surface area contributed by atoms with Gasteiger partial charge in [-0.2, -0.15) is 0 Å². The quantitative estimate of drug-likeness (QED) is 0.101. The molecule has 192 valence electrons. The van der Waals surface area contributed by atoms with E-state index in [1.807, 2.05) is 13.8 Å². The van der Waals surface area contributed by atoms with Crippen LogP contribution in [0.25, 0.3) is 5.76 Å². The minimum atomic E-state index is -0.904. The van der Waals surface area contributed by atoms with Crippen molar-refractivity contribution in [1.82, 2.24) is 15.2 Å². The minimum Gasteiger partial charge on any atom is -0.507 e. The third-order valence-corrected chi connectivity index (χ3v) is 8.10. The number of carbonyl (C=O) groups is 2. The number of nitrogens with zero attached hydrogens (tertiary/aromatic N) is 4. The zero-order valence-corrected chi connectivity index (χ0v) is 22.3. The molecule has 1 amide bonds. The summed E-state index contributed by atoms with van der Waals surface area (Å²) in [5.41, 5.74) is 3.27. The number of pyridine rings is 1. The van der Waals surface area contributed by atoms with Crippen molar-refractivity contribution in [3.05, 3.63) is 101 Å². The van der Waals surface area contributed by atoms with Crippen LogP contribution in [0, 0.1) is 6.92 Å². The zero-order chi connectivity index (χ0) is 26.6. The van der Waals surface area contributed by atoms with Crippen LogP contribution >= 0.6 is 23.1 Å². The largest absolute Gasteiger partial charge is 0.507 e. The molecule has 2 aromatic carbocycles. The van der Waals surface area contributed by atoms with Gasteiger partial charge in [0.2, 0.25) is 5.13 Å². The lowest BCUT2D eigenvalue weighted by Gasteiger charge is -2.22. The SMILES string of the molecule is CCOc1ccc(/C(O)=C2/C(=O)C(=O)N(c3nnc(SCc4ccc(C)cc4)s3)C2c2cccnc2)cc1. The molecular formula is C28H24N4O4S2. The second-order valence-corrected chi connectivity index (χ2v) is 10.7. The van der Waals surface area contributed by atoms with E-state index in [1.165, 1.54) is 33.6 Å². The van der Waals surface area contributed by atoms with Crippen LogP contribution in [-0.2, 0) is 15.3 Å². The Morgan fingerprint density at radius 2 is 1.84 bits per heavy atom. The molecule has 0 spiro atoms. The first kappa shape index (κ1) is 25.6. The lowest BCUT2D eigenvalue weighted by Crippen LogP contribution is -2.29. The second kappa shape index (κ2) is 11.2. The number of rotatable bonds is 8. The molecule has 1 aliphatic heterocycles. The highest BCUT2D eigenvalue weighted by Gasteiger charge is 2.48. The molecule has 1 aliphatic rings. The summed E-state index contributed by atoms with van der Waals surface area (Å²) < 4.78 is 6.14. The number of ketones is 1. The summed E-state index contributed by atoms with van der Waals surface area (Å²) in [5, 5.41) is 20.0. The van der Waals surface area contributed by atoms with E-state index in [0.29, 0.717) is 33.6 Å². The molecule has 4 aromatic rings. The van der Waals surface area contributed by atoms with Gasteiger partial charge in [-0.3, -0.25) is 19.5 Å². The Bertz CT molecular complexity index is 1490. The maximum absolute atomic E-state index is 13.3. The summed E-state index contributed by atoms with van der Waals surface area (Å²) in [6.45, 7) is 4.42. The first-order chi connectivity index (χ1) is 18.5. The molecule has 0 radical (unpaired) electrons. The molecule has 0 aliphatic carbocycles. The highest BCUT2D eigenvalue weighted by atomic mass is 32.2. The average Bonchev–Trinajstić information content (AvgIpc) is 3.51. The smallest absolute Gasteiger partial charge is 0.301 e. The molecule has 10 heteroatoms. The van der Waals surface area contributed by atoms with E-state index in [-0.39, 0.29) is 16.5 Å². The van der Waals surface area contributed by atoms with Gasteiger partial charge in [0.05, 0.1) is 18.2 Å². The highest BCUT2D eigenvalue weighted by molar-refractivity contribution is 8.00. The third-order valence-electron chi connectivity index (χ3n) is 5.97. The number of anilines is 1. The minimum absolute atomic E-state index is 0.0313. The van der Waals surface area contributed by atoms with Gasteiger partial charge in [0.1, 0.15) is 11.5 Å². The van der Waals surface area contributed by atoms with Crippen LogP contribution in [0.4, 0.5) is 5.13 Å². The Morgan fingerprint density at radius 3 is 2.53 bits per heavy atom. The van der Waals surface area contributed by atoms with Crippen molar-refractivity contribution in [1.29, 1.82) is 0 Å². The number of aryl methyl sites for hydroxylation is 1. The zero-order valence-electron chi connectivity index (χ0n) is 20.7. The lowest BCUT2D eigenvalue weighted by molar-refractivity contribution is -0.132. The van der Waals surface area contributed by atoms with Crippen LogP contribution in [0.2, 0.25) is 0 Å². The summed E-state index contributed by atoms with van der Waals surface area (Å²) >= 11 is 2.73. The molecular weight excluding hydrogens is 520 g/mol. The van der Waals surface area contributed by atoms with Crippen LogP contribution in [0.1, 0.15) is 35.2 Å². The van der Waals surface area contributed by atoms with Crippen LogP contribution in [0.3, 0.4) is 0 Å². The van der Waals surface area contributed by atoms with Gasteiger partial charge in [0.25, 0.3) is 5.78 Å². The number of aliphatic hydroxyl groups is 1. The summed E-state index contributed by atoms with van der Waals surface area (Å²) in [4.78, 5) is 32.1. The number of aliphatic hydroxyl groups excluding tert-OH is 1. The van der Waals surface area contributed by atoms with Crippen LogP contribution in [0.5, 0.6) is 5.75 Å². The number of amides is 1. The Hall–Kier alpha value is -4.02. The molecule has 1 unspecified atom stereocenters. The topological polar surface area (TPSA) is 106 Å². The van der Waals surface area contributed by atoms with Gasteiger partial charge < -0.3 is 9.84 Å². The fourth-order valence-corrected chi connectivity index (χ4v) is 5.93. The molecule has 5 rings (SSSR count). The predicted molar refractivity (Wildman–Crippen MR) is 147 cm³/mol. The normalized spacial score (nSPS) is 16.7. The van der Waals surface area contributed by atoms with Gasteiger partial charge >= 0.3 is 5.91 Å². The molecule has 1 atom stereocenters. The summed E-state index contributed by atoms with van der Waals surface area (Å²) in [7, 11) is 0.